The molecule has 0 fully saturated rings. The van der Waals surface area contributed by atoms with Crippen molar-refractivity contribution in [1.82, 2.24) is 5.43 Å². The number of hydrogen-bond donors (Lipinski definition) is 2. The number of aromatic hydroxyl groups is 1. The summed E-state index contributed by atoms with van der Waals surface area (Å²) in [7, 11) is 5.33. The van der Waals surface area contributed by atoms with Crippen LogP contribution in [0.25, 0.3) is 0 Å². The molecule has 0 unspecified atom stereocenters. The Kier molecular flexibility index (Phi) is 5.81. The molecule has 126 valence electrons. The van der Waals surface area contributed by atoms with Gasteiger partial charge in [0, 0.05) is 25.3 Å². The van der Waals surface area contributed by atoms with E-state index in [0.717, 1.165) is 5.69 Å². The smallest absolute Gasteiger partial charge is 0.271 e. The van der Waals surface area contributed by atoms with Gasteiger partial charge in [-0.1, -0.05) is 0 Å². The molecule has 0 aliphatic heterocycles. The average molecular weight is 392 g/mol. The lowest BCUT2D eigenvalue weighted by Crippen LogP contribution is -2.18. The fraction of sp³-hybridized carbons (Fsp3) is 0.176. The van der Waals surface area contributed by atoms with E-state index < -0.39 is 0 Å². The van der Waals surface area contributed by atoms with Crippen molar-refractivity contribution in [2.24, 2.45) is 5.10 Å². The molecule has 0 saturated heterocycles. The fourth-order valence-corrected chi connectivity index (χ4v) is 2.42. The van der Waals surface area contributed by atoms with E-state index in [0.29, 0.717) is 21.3 Å². The zero-order valence-electron chi connectivity index (χ0n) is 13.6. The topological polar surface area (TPSA) is 74.2 Å². The fourth-order valence-electron chi connectivity index (χ4n) is 1.96. The van der Waals surface area contributed by atoms with Crippen LogP contribution in [0.4, 0.5) is 5.69 Å². The third-order valence-electron chi connectivity index (χ3n) is 3.30. The van der Waals surface area contributed by atoms with E-state index in [4.69, 9.17) is 4.74 Å². The molecule has 0 aliphatic carbocycles. The summed E-state index contributed by atoms with van der Waals surface area (Å²) < 4.78 is 5.54. The van der Waals surface area contributed by atoms with Gasteiger partial charge in [0.15, 0.2) is 11.5 Å². The predicted molar refractivity (Wildman–Crippen MR) is 98.2 cm³/mol. The largest absolute Gasteiger partial charge is 0.503 e. The van der Waals surface area contributed by atoms with Gasteiger partial charge in [0.1, 0.15) is 0 Å². The normalized spacial score (nSPS) is 10.7. The predicted octanol–water partition coefficient (Wildman–Crippen LogP) is 2.99. The monoisotopic (exact) mass is 391 g/mol. The molecule has 0 aliphatic rings. The summed E-state index contributed by atoms with van der Waals surface area (Å²) in [5.74, 6) is 0.0254. The van der Waals surface area contributed by atoms with Crippen molar-refractivity contribution in [3.63, 3.8) is 0 Å². The molecule has 0 saturated carbocycles. The minimum atomic E-state index is -0.304. The summed E-state index contributed by atoms with van der Waals surface area (Å²) in [6, 6.07) is 10.5. The van der Waals surface area contributed by atoms with Gasteiger partial charge in [0.05, 0.1) is 17.8 Å². The Balaban J connectivity index is 2.06. The number of rotatable bonds is 5. The van der Waals surface area contributed by atoms with E-state index >= 15 is 0 Å². The maximum Gasteiger partial charge on any atom is 0.271 e. The molecule has 6 nitrogen and oxygen atoms in total. The number of anilines is 1. The number of phenolic OH excluding ortho intramolecular Hbond substituents is 1. The highest BCUT2D eigenvalue weighted by Gasteiger charge is 2.08. The zero-order chi connectivity index (χ0) is 17.7. The summed E-state index contributed by atoms with van der Waals surface area (Å²) >= 11 is 3.23. The van der Waals surface area contributed by atoms with Gasteiger partial charge in [-0.15, -0.1) is 0 Å². The molecule has 2 aromatic rings. The molecule has 0 heterocycles. The number of halogens is 1. The lowest BCUT2D eigenvalue weighted by Gasteiger charge is -2.12. The number of benzene rings is 2. The second-order valence-electron chi connectivity index (χ2n) is 5.19. The highest BCUT2D eigenvalue weighted by molar-refractivity contribution is 9.10. The van der Waals surface area contributed by atoms with E-state index in [9.17, 15) is 9.90 Å². The second kappa shape index (κ2) is 7.83. The highest BCUT2D eigenvalue weighted by atomic mass is 79.9. The molecule has 2 aromatic carbocycles. The molecule has 0 aromatic heterocycles. The number of hydrazone groups is 1. The molecule has 24 heavy (non-hydrogen) atoms. The molecular weight excluding hydrogens is 374 g/mol. The first-order valence-corrected chi connectivity index (χ1v) is 7.89. The van der Waals surface area contributed by atoms with Crippen molar-refractivity contribution in [1.29, 1.82) is 0 Å². The minimum absolute atomic E-state index is 0.0136. The Morgan fingerprint density at radius 3 is 2.54 bits per heavy atom. The van der Waals surface area contributed by atoms with E-state index in [1.165, 1.54) is 13.3 Å². The number of carbonyl (C=O) groups is 1. The zero-order valence-corrected chi connectivity index (χ0v) is 15.2. The Bertz CT molecular complexity index is 758. The first-order valence-electron chi connectivity index (χ1n) is 7.09. The van der Waals surface area contributed by atoms with Gasteiger partial charge < -0.3 is 14.7 Å². The van der Waals surface area contributed by atoms with Gasteiger partial charge in [-0.05, 0) is 57.9 Å². The first kappa shape index (κ1) is 17.8. The Hall–Kier alpha value is -2.54. The molecule has 0 radical (unpaired) electrons. The summed E-state index contributed by atoms with van der Waals surface area (Å²) in [5.41, 5.74) is 4.66. The number of amides is 1. The number of nitrogens with zero attached hydrogens (tertiary/aromatic N) is 2. The van der Waals surface area contributed by atoms with Crippen LogP contribution < -0.4 is 15.1 Å². The Labute approximate surface area is 148 Å². The molecule has 2 N–H and O–H groups in total. The lowest BCUT2D eigenvalue weighted by atomic mass is 10.2. The lowest BCUT2D eigenvalue weighted by molar-refractivity contribution is 0.0955. The van der Waals surface area contributed by atoms with E-state index in [-0.39, 0.29) is 11.7 Å². The molecule has 1 amide bonds. The van der Waals surface area contributed by atoms with Crippen LogP contribution in [0, 0.1) is 0 Å². The number of methoxy groups -OCH3 is 1. The molecule has 0 spiro atoms. The number of carbonyl (C=O) groups excluding carboxylic acids is 1. The van der Waals surface area contributed by atoms with Crippen LogP contribution in [0.1, 0.15) is 15.9 Å². The quantitative estimate of drug-likeness (QED) is 0.606. The van der Waals surface area contributed by atoms with Crippen molar-refractivity contribution < 1.29 is 14.6 Å². The van der Waals surface area contributed by atoms with Crippen LogP contribution in [0.15, 0.2) is 46.0 Å². The molecular formula is C17H18BrN3O3. The van der Waals surface area contributed by atoms with Gasteiger partial charge in [-0.25, -0.2) is 5.43 Å². The maximum absolute atomic E-state index is 12.0. The van der Waals surface area contributed by atoms with Crippen LogP contribution in [-0.4, -0.2) is 38.4 Å². The first-order chi connectivity index (χ1) is 11.4. The van der Waals surface area contributed by atoms with E-state index in [1.54, 1.807) is 24.3 Å². The molecule has 0 atom stereocenters. The number of nitrogens with one attached hydrogen (secondary N) is 1. The van der Waals surface area contributed by atoms with E-state index in [2.05, 4.69) is 26.5 Å². The molecule has 7 heteroatoms. The standard InChI is InChI=1S/C17H18BrN3O3/c1-21(2)13-6-4-12(5-7-13)17(23)20-19-10-11-8-14(18)16(22)15(9-11)24-3/h4-10,22H,1-3H3,(H,20,23). The highest BCUT2D eigenvalue weighted by Crippen LogP contribution is 2.34. The summed E-state index contributed by atoms with van der Waals surface area (Å²) in [6.45, 7) is 0. The molecule has 0 bridgehead atoms. The van der Waals surface area contributed by atoms with Gasteiger partial charge in [-0.3, -0.25) is 4.79 Å². The van der Waals surface area contributed by atoms with Gasteiger partial charge >= 0.3 is 0 Å². The van der Waals surface area contributed by atoms with Gasteiger partial charge in [0.25, 0.3) is 5.91 Å². The van der Waals surface area contributed by atoms with Crippen LogP contribution in [0.2, 0.25) is 0 Å². The summed E-state index contributed by atoms with van der Waals surface area (Å²) in [4.78, 5) is 14.0. The van der Waals surface area contributed by atoms with Crippen molar-refractivity contribution in [2.75, 3.05) is 26.1 Å². The third kappa shape index (κ3) is 4.26. The van der Waals surface area contributed by atoms with Crippen LogP contribution in [0.5, 0.6) is 11.5 Å². The third-order valence-corrected chi connectivity index (χ3v) is 3.90. The second-order valence-corrected chi connectivity index (χ2v) is 6.05. The van der Waals surface area contributed by atoms with Gasteiger partial charge in [0.2, 0.25) is 0 Å². The average Bonchev–Trinajstić information content (AvgIpc) is 2.57. The van der Waals surface area contributed by atoms with Crippen molar-refractivity contribution >= 4 is 33.7 Å². The van der Waals surface area contributed by atoms with Crippen molar-refractivity contribution in [3.05, 3.63) is 52.0 Å². The number of phenols is 1. The van der Waals surface area contributed by atoms with Gasteiger partial charge in [-0.2, -0.15) is 5.10 Å². The van der Waals surface area contributed by atoms with Crippen molar-refractivity contribution in [3.8, 4) is 11.5 Å². The summed E-state index contributed by atoms with van der Waals surface area (Å²) in [5, 5.41) is 13.7. The SMILES string of the molecule is COc1cc(C=NNC(=O)c2ccc(N(C)C)cc2)cc(Br)c1O. The Morgan fingerprint density at radius 1 is 1.29 bits per heavy atom. The van der Waals surface area contributed by atoms with E-state index in [1.807, 2.05) is 31.1 Å². The maximum atomic E-state index is 12.0. The Morgan fingerprint density at radius 2 is 1.96 bits per heavy atom. The summed E-state index contributed by atoms with van der Waals surface area (Å²) in [6.07, 6.45) is 1.47. The van der Waals surface area contributed by atoms with Crippen LogP contribution in [0.3, 0.4) is 0 Å². The van der Waals surface area contributed by atoms with Crippen molar-refractivity contribution in [2.45, 2.75) is 0 Å². The number of hydrogen-bond acceptors (Lipinski definition) is 5. The minimum Gasteiger partial charge on any atom is -0.503 e. The van der Waals surface area contributed by atoms with Crippen LogP contribution in [-0.2, 0) is 0 Å². The van der Waals surface area contributed by atoms with Crippen LogP contribution >= 0.6 is 15.9 Å². The molecule has 2 rings (SSSR count). The number of ether oxygens (including phenoxy) is 1.